The molecule has 4 heteroatoms. The zero-order valence-electron chi connectivity index (χ0n) is 27.0. The molecule has 6 aromatic carbocycles. The Morgan fingerprint density at radius 2 is 1.10 bits per heavy atom. The minimum Gasteiger partial charge on any atom is -1.00 e. The Labute approximate surface area is 321 Å². The summed E-state index contributed by atoms with van der Waals surface area (Å²) in [6.07, 6.45) is 11.6. The van der Waals surface area contributed by atoms with E-state index in [-0.39, 0.29) is 51.0 Å². The van der Waals surface area contributed by atoms with Gasteiger partial charge in [0.25, 0.3) is 0 Å². The summed E-state index contributed by atoms with van der Waals surface area (Å²) in [6.45, 7) is 1.55. The van der Waals surface area contributed by atoms with Crippen molar-refractivity contribution in [2.75, 3.05) is 4.90 Å². The number of rotatable bonds is 8. The number of nitrogens with zero attached hydrogens (tertiary/aromatic N) is 1. The van der Waals surface area contributed by atoms with Gasteiger partial charge in [-0.15, -0.1) is 34.1 Å². The van der Waals surface area contributed by atoms with Crippen LogP contribution < -0.4 is 40.2 Å². The predicted molar refractivity (Wildman–Crippen MR) is 193 cm³/mol. The molecule has 0 aromatic heterocycles. The third kappa shape index (κ3) is 7.39. The molecule has 1 nitrogen and oxygen atoms in total. The van der Waals surface area contributed by atoms with Crippen LogP contribution in [-0.4, -0.2) is 0 Å². The molecule has 6 aromatic rings. The van der Waals surface area contributed by atoms with Crippen LogP contribution in [0.1, 0.15) is 39.8 Å². The molecule has 0 saturated heterocycles. The molecular weight excluding hydrogens is 717 g/mol. The van der Waals surface area contributed by atoms with Gasteiger partial charge in [0, 0.05) is 18.8 Å². The van der Waals surface area contributed by atoms with Crippen molar-refractivity contribution in [1.29, 1.82) is 0 Å². The molecule has 0 saturated carbocycles. The molecule has 0 N–H and O–H groups in total. The van der Waals surface area contributed by atoms with Crippen molar-refractivity contribution < 1.29 is 51.0 Å². The SMILES string of the molecule is [C-]1=c2c(cc(=C(c3ccccc3)c3ccccc3)c(N(Cc3ccccc3)Cc3ccccc3)c2C2=CC=CC2)-c2ccccc21.[Cl-].[Cl-].[Zr+3]. The van der Waals surface area contributed by atoms with Gasteiger partial charge in [-0.05, 0) is 39.5 Å². The largest absolute Gasteiger partial charge is 3.00 e. The summed E-state index contributed by atoms with van der Waals surface area (Å²) in [5, 5.41) is 2.44. The normalized spacial score (nSPS) is 11.9. The molecule has 0 fully saturated rings. The van der Waals surface area contributed by atoms with Gasteiger partial charge >= 0.3 is 26.2 Å². The van der Waals surface area contributed by atoms with Crippen LogP contribution >= 0.6 is 0 Å². The van der Waals surface area contributed by atoms with E-state index >= 15 is 0 Å². The molecule has 0 atom stereocenters. The molecule has 0 bridgehead atoms. The molecular formula is C45H34Cl2NZr. The van der Waals surface area contributed by atoms with Crippen molar-refractivity contribution in [2.45, 2.75) is 19.5 Å². The Morgan fingerprint density at radius 1 is 0.592 bits per heavy atom. The topological polar surface area (TPSA) is 3.24 Å². The van der Waals surface area contributed by atoms with Crippen LogP contribution in [0, 0.1) is 0 Å². The third-order valence-corrected chi connectivity index (χ3v) is 9.01. The summed E-state index contributed by atoms with van der Waals surface area (Å²) in [5.41, 5.74) is 13.7. The van der Waals surface area contributed by atoms with Crippen LogP contribution in [0.5, 0.6) is 0 Å². The van der Waals surface area contributed by atoms with Gasteiger partial charge in [0.05, 0.1) is 0 Å². The monoisotopic (exact) mass is 748 g/mol. The first-order valence-electron chi connectivity index (χ1n) is 16.1. The molecule has 0 unspecified atom stereocenters. The van der Waals surface area contributed by atoms with Gasteiger partial charge in [-0.2, -0.15) is 0 Å². The van der Waals surface area contributed by atoms with Crippen LogP contribution in [0.3, 0.4) is 0 Å². The molecule has 2 aliphatic carbocycles. The summed E-state index contributed by atoms with van der Waals surface area (Å²) < 4.78 is 0. The Balaban J connectivity index is 0.00000156. The number of allylic oxidation sites excluding steroid dienone is 4. The zero-order chi connectivity index (χ0) is 30.7. The quantitative estimate of drug-likeness (QED) is 0.216. The minimum atomic E-state index is 0. The van der Waals surface area contributed by atoms with Crippen molar-refractivity contribution in [3.63, 3.8) is 0 Å². The van der Waals surface area contributed by atoms with Gasteiger partial charge in [-0.3, -0.25) is 0 Å². The zero-order valence-corrected chi connectivity index (χ0v) is 31.0. The fraction of sp³-hybridized carbons (Fsp3) is 0.0667. The van der Waals surface area contributed by atoms with E-state index in [2.05, 4.69) is 181 Å². The first-order chi connectivity index (χ1) is 22.8. The summed E-state index contributed by atoms with van der Waals surface area (Å²) in [6, 6.07) is 54.8. The maximum atomic E-state index is 3.89. The Morgan fingerprint density at radius 3 is 1.63 bits per heavy atom. The van der Waals surface area contributed by atoms with Gasteiger partial charge in [0.1, 0.15) is 0 Å². The minimum absolute atomic E-state index is 0. The van der Waals surface area contributed by atoms with E-state index in [1.165, 1.54) is 66.2 Å². The molecule has 1 radical (unpaired) electrons. The molecule has 2 aliphatic rings. The molecule has 0 amide bonds. The summed E-state index contributed by atoms with van der Waals surface area (Å²) in [4.78, 5) is 2.60. The van der Waals surface area contributed by atoms with Crippen molar-refractivity contribution in [3.8, 4) is 11.1 Å². The average molecular weight is 751 g/mol. The Kier molecular flexibility index (Phi) is 12.1. The summed E-state index contributed by atoms with van der Waals surface area (Å²) in [7, 11) is 0. The van der Waals surface area contributed by atoms with E-state index in [0.29, 0.717) is 0 Å². The number of hydrogen-bond donors (Lipinski definition) is 0. The first kappa shape index (κ1) is 36.1. The van der Waals surface area contributed by atoms with E-state index in [1.54, 1.807) is 0 Å². The van der Waals surface area contributed by atoms with E-state index in [4.69, 9.17) is 0 Å². The molecule has 0 spiro atoms. The maximum absolute atomic E-state index is 3.89. The van der Waals surface area contributed by atoms with E-state index < -0.39 is 0 Å². The second-order valence-electron chi connectivity index (χ2n) is 12.0. The van der Waals surface area contributed by atoms with Gasteiger partial charge in [-0.25, -0.2) is 0 Å². The standard InChI is InChI=1S/C45H34N.2ClH.Zr/c1-5-17-33(18-6-1)31-46(32-34-19-7-2-8-20-34)45-42(43(35-21-9-3-10-22-35)36-23-11-4-12-24-36)30-40-39-28-16-15-27-38(39)29-41(40)44(45)37-25-13-14-26-37;;;/h1-25,27-28,30H,26,31-32H2;2*1H;/q-1;;;+3/p-2. The van der Waals surface area contributed by atoms with E-state index in [9.17, 15) is 0 Å². The Hall–Kier alpha value is -4.20. The van der Waals surface area contributed by atoms with Gasteiger partial charge in [-0.1, -0.05) is 175 Å². The van der Waals surface area contributed by atoms with Gasteiger partial charge in [0.15, 0.2) is 0 Å². The Bertz CT molecular complexity index is 2130. The third-order valence-electron chi connectivity index (χ3n) is 9.01. The number of anilines is 1. The number of halogens is 2. The van der Waals surface area contributed by atoms with Crippen LogP contribution in [0.25, 0.3) is 28.3 Å². The maximum Gasteiger partial charge on any atom is 3.00 e. The van der Waals surface area contributed by atoms with Crippen LogP contribution in [0.15, 0.2) is 170 Å². The van der Waals surface area contributed by atoms with E-state index in [0.717, 1.165) is 25.1 Å². The first-order valence-corrected chi connectivity index (χ1v) is 16.1. The van der Waals surface area contributed by atoms with Crippen LogP contribution in [0.2, 0.25) is 0 Å². The fourth-order valence-electron chi connectivity index (χ4n) is 6.95. The molecule has 0 aliphatic heterocycles. The van der Waals surface area contributed by atoms with Crippen molar-refractivity contribution >= 4 is 22.9 Å². The second-order valence-corrected chi connectivity index (χ2v) is 12.0. The molecule has 0 heterocycles. The van der Waals surface area contributed by atoms with Gasteiger partial charge < -0.3 is 29.7 Å². The van der Waals surface area contributed by atoms with Crippen molar-refractivity contribution in [3.05, 3.63) is 214 Å². The smallest absolute Gasteiger partial charge is 1.00 e. The van der Waals surface area contributed by atoms with Crippen molar-refractivity contribution in [1.82, 2.24) is 0 Å². The molecule has 8 rings (SSSR count). The van der Waals surface area contributed by atoms with Crippen molar-refractivity contribution in [2.24, 2.45) is 0 Å². The summed E-state index contributed by atoms with van der Waals surface area (Å²) in [5.74, 6) is 0. The number of fused-ring (bicyclic) bond motifs is 3. The van der Waals surface area contributed by atoms with Crippen LogP contribution in [-0.2, 0) is 39.3 Å². The molecule has 237 valence electrons. The predicted octanol–water partition coefficient (Wildman–Crippen LogP) is 3.18. The fourth-order valence-corrected chi connectivity index (χ4v) is 6.95. The molecule has 49 heavy (non-hydrogen) atoms. The average Bonchev–Trinajstić information content (AvgIpc) is 3.78. The van der Waals surface area contributed by atoms with E-state index in [1.807, 2.05) is 0 Å². The second kappa shape index (κ2) is 16.5. The number of hydrogen-bond acceptors (Lipinski definition) is 1. The van der Waals surface area contributed by atoms with Crippen LogP contribution in [0.4, 0.5) is 5.69 Å². The van der Waals surface area contributed by atoms with Gasteiger partial charge in [0.2, 0.25) is 0 Å². The summed E-state index contributed by atoms with van der Waals surface area (Å²) >= 11 is 0. The number of benzene rings is 6.